The van der Waals surface area contributed by atoms with E-state index < -0.39 is 0 Å². The molecule has 0 aliphatic carbocycles. The van der Waals surface area contributed by atoms with Gasteiger partial charge in [0.2, 0.25) is 11.8 Å². The van der Waals surface area contributed by atoms with Crippen molar-refractivity contribution in [2.24, 2.45) is 0 Å². The molecule has 1 atom stereocenters. The van der Waals surface area contributed by atoms with E-state index in [4.69, 9.17) is 0 Å². The number of thioether (sulfide) groups is 1. The van der Waals surface area contributed by atoms with E-state index in [0.717, 1.165) is 53.7 Å². The second-order valence-electron chi connectivity index (χ2n) is 12.0. The van der Waals surface area contributed by atoms with Crippen LogP contribution in [0.15, 0.2) is 65.8 Å². The maximum atomic E-state index is 13.0. The lowest BCUT2D eigenvalue weighted by Crippen LogP contribution is -2.55. The van der Waals surface area contributed by atoms with E-state index in [2.05, 4.69) is 52.9 Å². The summed E-state index contributed by atoms with van der Waals surface area (Å²) in [6.07, 6.45) is 14.3. The second kappa shape index (κ2) is 18.6. The van der Waals surface area contributed by atoms with Crippen LogP contribution in [0, 0.1) is 0 Å². The summed E-state index contributed by atoms with van der Waals surface area (Å²) in [4.78, 5) is 29.8. The third-order valence-corrected chi connectivity index (χ3v) is 9.51. The standard InChI is InChI=1S/C36H51N5O2S/c1-3-4-5-6-7-8-9-10-17-25-34(43)40-27-26-39(29-30(40)2)33(42)24-18-19-28-44-36-38-37-35(31-20-13-11-14-21-31)41(36)32-22-15-12-16-23-32/h11-16,20-23,30H,3-10,17-19,24-29H2,1-2H3. The Balaban J connectivity index is 1.14. The molecule has 1 saturated heterocycles. The van der Waals surface area contributed by atoms with E-state index in [9.17, 15) is 9.59 Å². The van der Waals surface area contributed by atoms with Crippen molar-refractivity contribution in [2.45, 2.75) is 109 Å². The number of hydrogen-bond acceptors (Lipinski definition) is 5. The van der Waals surface area contributed by atoms with E-state index in [1.165, 1.54) is 44.9 Å². The maximum Gasteiger partial charge on any atom is 0.222 e. The quantitative estimate of drug-likeness (QED) is 0.106. The molecule has 0 radical (unpaired) electrons. The average molecular weight is 618 g/mol. The van der Waals surface area contributed by atoms with Gasteiger partial charge in [0.1, 0.15) is 0 Å². The van der Waals surface area contributed by atoms with Crippen molar-refractivity contribution in [2.75, 3.05) is 25.4 Å². The molecule has 8 heteroatoms. The van der Waals surface area contributed by atoms with Gasteiger partial charge in [-0.2, -0.15) is 0 Å². The molecule has 3 aromatic rings. The smallest absolute Gasteiger partial charge is 0.222 e. The first-order valence-electron chi connectivity index (χ1n) is 16.8. The molecular formula is C36H51N5O2S. The molecule has 0 spiro atoms. The highest BCUT2D eigenvalue weighted by Crippen LogP contribution is 2.28. The summed E-state index contributed by atoms with van der Waals surface area (Å²) in [6.45, 7) is 6.26. The van der Waals surface area contributed by atoms with Crippen LogP contribution in [0.5, 0.6) is 0 Å². The number of rotatable bonds is 18. The molecule has 2 amide bonds. The molecule has 2 aromatic carbocycles. The molecule has 44 heavy (non-hydrogen) atoms. The molecule has 0 N–H and O–H groups in total. The molecule has 238 valence electrons. The average Bonchev–Trinajstić information content (AvgIpc) is 3.48. The van der Waals surface area contributed by atoms with E-state index in [1.807, 2.05) is 46.2 Å². The predicted molar refractivity (Wildman–Crippen MR) is 181 cm³/mol. The Hall–Kier alpha value is -3.13. The molecule has 1 aromatic heterocycles. The number of para-hydroxylation sites is 1. The van der Waals surface area contributed by atoms with Gasteiger partial charge in [-0.15, -0.1) is 10.2 Å². The van der Waals surface area contributed by atoms with Crippen LogP contribution in [0.4, 0.5) is 0 Å². The van der Waals surface area contributed by atoms with Gasteiger partial charge in [0.15, 0.2) is 11.0 Å². The Morgan fingerprint density at radius 2 is 1.36 bits per heavy atom. The maximum absolute atomic E-state index is 13.0. The monoisotopic (exact) mass is 617 g/mol. The Bertz CT molecular complexity index is 1270. The number of benzene rings is 2. The second-order valence-corrected chi connectivity index (χ2v) is 13.1. The SMILES string of the molecule is CCCCCCCCCCCC(=O)N1CCN(C(=O)CCCCSc2nnc(-c3ccccc3)n2-c2ccccc2)CC1C. The van der Waals surface area contributed by atoms with Gasteiger partial charge in [-0.1, -0.05) is 119 Å². The van der Waals surface area contributed by atoms with Crippen molar-refractivity contribution in [1.29, 1.82) is 0 Å². The summed E-state index contributed by atoms with van der Waals surface area (Å²) in [5.41, 5.74) is 2.06. The van der Waals surface area contributed by atoms with Crippen molar-refractivity contribution >= 4 is 23.6 Å². The molecule has 7 nitrogen and oxygen atoms in total. The van der Waals surface area contributed by atoms with Gasteiger partial charge in [-0.05, 0) is 38.3 Å². The first-order chi connectivity index (χ1) is 21.6. The lowest BCUT2D eigenvalue weighted by molar-refractivity contribution is -0.142. The van der Waals surface area contributed by atoms with Crippen LogP contribution in [0.1, 0.15) is 97.3 Å². The van der Waals surface area contributed by atoms with Crippen LogP contribution < -0.4 is 0 Å². The zero-order chi connectivity index (χ0) is 31.0. The number of nitrogens with zero attached hydrogens (tertiary/aromatic N) is 5. The fraction of sp³-hybridized carbons (Fsp3) is 0.556. The first-order valence-corrected chi connectivity index (χ1v) is 17.8. The molecular weight excluding hydrogens is 566 g/mol. The molecule has 1 fully saturated rings. The van der Waals surface area contributed by atoms with Crippen molar-refractivity contribution in [1.82, 2.24) is 24.6 Å². The van der Waals surface area contributed by atoms with Crippen LogP contribution in [0.2, 0.25) is 0 Å². The fourth-order valence-corrected chi connectivity index (χ4v) is 6.88. The van der Waals surface area contributed by atoms with Crippen molar-refractivity contribution in [3.8, 4) is 17.1 Å². The summed E-state index contributed by atoms with van der Waals surface area (Å²) < 4.78 is 2.11. The third kappa shape index (κ3) is 10.2. The largest absolute Gasteiger partial charge is 0.339 e. The van der Waals surface area contributed by atoms with Crippen molar-refractivity contribution in [3.05, 3.63) is 60.7 Å². The van der Waals surface area contributed by atoms with Gasteiger partial charge >= 0.3 is 0 Å². The molecule has 2 heterocycles. The molecule has 1 aliphatic rings. The molecule has 0 bridgehead atoms. The van der Waals surface area contributed by atoms with Gasteiger partial charge in [-0.25, -0.2) is 0 Å². The van der Waals surface area contributed by atoms with E-state index in [1.54, 1.807) is 11.8 Å². The Morgan fingerprint density at radius 3 is 2.05 bits per heavy atom. The minimum absolute atomic E-state index is 0.0810. The first kappa shape index (κ1) is 33.8. The number of hydrogen-bond donors (Lipinski definition) is 0. The van der Waals surface area contributed by atoms with Crippen molar-refractivity contribution in [3.63, 3.8) is 0 Å². The van der Waals surface area contributed by atoms with Gasteiger partial charge in [-0.3, -0.25) is 14.2 Å². The number of carbonyl (C=O) groups is 2. The van der Waals surface area contributed by atoms with Crippen LogP contribution >= 0.6 is 11.8 Å². The van der Waals surface area contributed by atoms with Crippen LogP contribution in [-0.4, -0.2) is 67.8 Å². The van der Waals surface area contributed by atoms with Crippen molar-refractivity contribution < 1.29 is 9.59 Å². The van der Waals surface area contributed by atoms with Gasteiger partial charge in [0, 0.05) is 55.5 Å². The van der Waals surface area contributed by atoms with Crippen LogP contribution in [0.25, 0.3) is 17.1 Å². The molecule has 1 unspecified atom stereocenters. The summed E-state index contributed by atoms with van der Waals surface area (Å²) in [5, 5.41) is 9.90. The fourth-order valence-electron chi connectivity index (χ4n) is 5.93. The molecule has 0 saturated carbocycles. The minimum Gasteiger partial charge on any atom is -0.339 e. The Labute approximate surface area is 268 Å². The number of unbranched alkanes of at least 4 members (excludes halogenated alkanes) is 9. The highest BCUT2D eigenvalue weighted by Gasteiger charge is 2.29. The van der Waals surface area contributed by atoms with E-state index >= 15 is 0 Å². The molecule has 1 aliphatic heterocycles. The normalized spacial score (nSPS) is 15.1. The lowest BCUT2D eigenvalue weighted by atomic mass is 10.1. The zero-order valence-corrected chi connectivity index (χ0v) is 27.6. The molecule has 4 rings (SSSR count). The number of carbonyl (C=O) groups excluding carboxylic acids is 2. The number of amides is 2. The van der Waals surface area contributed by atoms with Gasteiger partial charge in [0.05, 0.1) is 0 Å². The number of aromatic nitrogens is 3. The summed E-state index contributed by atoms with van der Waals surface area (Å²) >= 11 is 1.68. The zero-order valence-electron chi connectivity index (χ0n) is 26.8. The predicted octanol–water partition coefficient (Wildman–Crippen LogP) is 8.18. The topological polar surface area (TPSA) is 71.3 Å². The summed E-state index contributed by atoms with van der Waals surface area (Å²) in [6, 6.07) is 20.4. The van der Waals surface area contributed by atoms with Crippen LogP contribution in [-0.2, 0) is 9.59 Å². The summed E-state index contributed by atoms with van der Waals surface area (Å²) in [7, 11) is 0. The third-order valence-electron chi connectivity index (χ3n) is 8.49. The highest BCUT2D eigenvalue weighted by atomic mass is 32.2. The Morgan fingerprint density at radius 1 is 0.750 bits per heavy atom. The highest BCUT2D eigenvalue weighted by molar-refractivity contribution is 7.99. The van der Waals surface area contributed by atoms with Gasteiger partial charge < -0.3 is 9.80 Å². The Kier molecular flexibility index (Phi) is 14.3. The van der Waals surface area contributed by atoms with Gasteiger partial charge in [0.25, 0.3) is 0 Å². The number of piperazine rings is 1. The summed E-state index contributed by atoms with van der Waals surface area (Å²) in [5.74, 6) is 2.15. The van der Waals surface area contributed by atoms with Crippen LogP contribution in [0.3, 0.4) is 0 Å². The van der Waals surface area contributed by atoms with E-state index in [-0.39, 0.29) is 17.9 Å². The minimum atomic E-state index is 0.0810. The lowest BCUT2D eigenvalue weighted by Gasteiger charge is -2.40. The van der Waals surface area contributed by atoms with E-state index in [0.29, 0.717) is 32.5 Å².